The summed E-state index contributed by atoms with van der Waals surface area (Å²) in [6.45, 7) is 27.0. The summed E-state index contributed by atoms with van der Waals surface area (Å²) in [6.07, 6.45) is 4.29. The molecule has 0 aliphatic heterocycles. The molecule has 270 valence electrons. The number of aromatic amines is 2. The molecule has 2 heterocycles. The number of aryl methyl sites for hydroxylation is 4. The second-order valence-electron chi connectivity index (χ2n) is 18.2. The minimum Gasteiger partial charge on any atom is -0.507 e. The number of aromatic nitrogens is 2. The molecule has 4 N–H and O–H groups in total. The second kappa shape index (κ2) is 13.9. The van der Waals surface area contributed by atoms with E-state index in [0.717, 1.165) is 50.2 Å². The van der Waals surface area contributed by atoms with E-state index in [1.165, 1.54) is 0 Å². The zero-order valence-electron chi connectivity index (χ0n) is 32.8. The molecule has 0 unspecified atom stereocenters. The number of H-pyrrole nitrogens is 2. The van der Waals surface area contributed by atoms with Crippen molar-refractivity contribution in [2.45, 2.75) is 144 Å². The Bertz CT molecular complexity index is 1840. The van der Waals surface area contributed by atoms with Crippen molar-refractivity contribution >= 4 is 11.6 Å². The van der Waals surface area contributed by atoms with E-state index < -0.39 is 5.41 Å². The van der Waals surface area contributed by atoms with E-state index in [9.17, 15) is 19.8 Å². The number of Topliss-reactive ketones (excluding diaryl/α,β-unsaturated/α-hetero) is 2. The Hall–Kier alpha value is -4.06. The molecule has 4 aromatic rings. The third-order valence-corrected chi connectivity index (χ3v) is 9.88. The minimum atomic E-state index is -0.475. The number of aromatic hydroxyl groups is 2. The maximum absolute atomic E-state index is 13.7. The van der Waals surface area contributed by atoms with Crippen LogP contribution in [0.25, 0.3) is 0 Å². The molecule has 0 saturated heterocycles. The third kappa shape index (κ3) is 8.80. The average Bonchev–Trinajstić information content (AvgIpc) is 3.58. The molecule has 0 aliphatic carbocycles. The van der Waals surface area contributed by atoms with Crippen molar-refractivity contribution < 1.29 is 19.8 Å². The number of nitrogens with one attached hydrogen (secondary N) is 2. The Morgan fingerprint density at radius 2 is 1.06 bits per heavy atom. The van der Waals surface area contributed by atoms with Crippen LogP contribution >= 0.6 is 0 Å². The van der Waals surface area contributed by atoms with E-state index in [-0.39, 0.29) is 33.6 Å². The summed E-state index contributed by atoms with van der Waals surface area (Å²) in [4.78, 5) is 33.1. The van der Waals surface area contributed by atoms with Crippen LogP contribution in [-0.4, -0.2) is 31.7 Å². The summed E-state index contributed by atoms with van der Waals surface area (Å²) in [6, 6.07) is 12.1. The van der Waals surface area contributed by atoms with E-state index in [1.807, 2.05) is 38.2 Å². The monoisotopic (exact) mass is 680 g/mol. The molecule has 2 aromatic heterocycles. The number of hydrogen-bond acceptors (Lipinski definition) is 4. The van der Waals surface area contributed by atoms with Gasteiger partial charge in [-0.1, -0.05) is 100 Å². The van der Waals surface area contributed by atoms with Crippen LogP contribution in [0.1, 0.15) is 160 Å². The number of carbonyl (C=O) groups is 2. The summed E-state index contributed by atoms with van der Waals surface area (Å²) in [7, 11) is 0. The molecule has 0 radical (unpaired) electrons. The van der Waals surface area contributed by atoms with Crippen LogP contribution in [0.4, 0.5) is 0 Å². The summed E-state index contributed by atoms with van der Waals surface area (Å²) in [5.74, 6) is 0.753. The number of ketones is 2. The summed E-state index contributed by atoms with van der Waals surface area (Å²) < 4.78 is 0. The van der Waals surface area contributed by atoms with E-state index in [2.05, 4.69) is 104 Å². The first-order chi connectivity index (χ1) is 22.9. The Morgan fingerprint density at radius 3 is 1.50 bits per heavy atom. The molecule has 6 nitrogen and oxygen atoms in total. The SMILES string of the molecule is Cc1c[nH]c(C(=O)CCc2cc(C(C)(C)C)c(O)c(C(C)(C)Cc3cc(C)c(C(=O)CCc4cc(C(C)(C)C)c(O)c(C(C)(C)C)c4)[nH]3)c2)c1. The van der Waals surface area contributed by atoms with E-state index >= 15 is 0 Å². The molecule has 6 heteroatoms. The predicted molar refractivity (Wildman–Crippen MR) is 205 cm³/mol. The lowest BCUT2D eigenvalue weighted by atomic mass is 9.75. The first-order valence-electron chi connectivity index (χ1n) is 18.0. The van der Waals surface area contributed by atoms with Gasteiger partial charge in [-0.3, -0.25) is 9.59 Å². The molecule has 0 bridgehead atoms. The van der Waals surface area contributed by atoms with Gasteiger partial charge >= 0.3 is 0 Å². The van der Waals surface area contributed by atoms with Gasteiger partial charge in [-0.05, 0) is 106 Å². The fraction of sp³-hybridized carbons (Fsp3) is 0.500. The third-order valence-electron chi connectivity index (χ3n) is 9.88. The van der Waals surface area contributed by atoms with Crippen molar-refractivity contribution in [3.8, 4) is 11.5 Å². The van der Waals surface area contributed by atoms with Crippen molar-refractivity contribution in [3.05, 3.63) is 104 Å². The maximum Gasteiger partial charge on any atom is 0.179 e. The van der Waals surface area contributed by atoms with Gasteiger partial charge in [0.1, 0.15) is 11.5 Å². The van der Waals surface area contributed by atoms with E-state index in [4.69, 9.17) is 0 Å². The van der Waals surface area contributed by atoms with Gasteiger partial charge in [0, 0.05) is 30.3 Å². The molecule has 0 amide bonds. The summed E-state index contributed by atoms with van der Waals surface area (Å²) >= 11 is 0. The number of phenolic OH excluding ortho intramolecular Hbond substituents is 2. The van der Waals surface area contributed by atoms with Crippen LogP contribution < -0.4 is 0 Å². The highest BCUT2D eigenvalue weighted by Gasteiger charge is 2.31. The molecule has 0 aliphatic rings. The normalized spacial score (nSPS) is 12.8. The standard InChI is InChI=1S/C44H60N2O4/c1-26-18-35(45-25-26)36(47)16-14-29-22-33(43(9,10)11)40(50)34(23-29)44(12,13)24-30-19-27(2)38(46-30)37(48)17-15-28-20-31(41(3,4)5)39(49)32(21-28)42(6,7)8/h18-23,25,45-46,49-50H,14-17,24H2,1-13H3. The van der Waals surface area contributed by atoms with E-state index in [1.54, 1.807) is 0 Å². The maximum atomic E-state index is 13.7. The molecule has 0 spiro atoms. The predicted octanol–water partition coefficient (Wildman–Crippen LogP) is 10.4. The molecular formula is C44H60N2O4. The average molecular weight is 681 g/mol. The highest BCUT2D eigenvalue weighted by molar-refractivity contribution is 5.96. The van der Waals surface area contributed by atoms with Crippen molar-refractivity contribution in [1.29, 1.82) is 0 Å². The highest BCUT2D eigenvalue weighted by Crippen LogP contribution is 2.42. The number of hydrogen-bond donors (Lipinski definition) is 4. The van der Waals surface area contributed by atoms with Crippen molar-refractivity contribution in [2.24, 2.45) is 0 Å². The largest absolute Gasteiger partial charge is 0.507 e. The van der Waals surface area contributed by atoms with Crippen molar-refractivity contribution in [2.75, 3.05) is 0 Å². The quantitative estimate of drug-likeness (QED) is 0.118. The summed E-state index contributed by atoms with van der Waals surface area (Å²) in [5, 5.41) is 22.8. The minimum absolute atomic E-state index is 0.0519. The topological polar surface area (TPSA) is 106 Å². The zero-order valence-corrected chi connectivity index (χ0v) is 32.8. The fourth-order valence-corrected chi connectivity index (χ4v) is 6.93. The first kappa shape index (κ1) is 38.7. The molecule has 0 atom stereocenters. The van der Waals surface area contributed by atoms with Crippen LogP contribution in [0.15, 0.2) is 42.6 Å². The number of benzene rings is 2. The smallest absolute Gasteiger partial charge is 0.179 e. The lowest BCUT2D eigenvalue weighted by Crippen LogP contribution is -2.23. The summed E-state index contributed by atoms with van der Waals surface area (Å²) in [5.41, 5.74) is 8.43. The Kier molecular flexibility index (Phi) is 10.8. The number of rotatable bonds is 11. The van der Waals surface area contributed by atoms with Crippen molar-refractivity contribution in [3.63, 3.8) is 0 Å². The number of phenols is 2. The van der Waals surface area contributed by atoms with Gasteiger partial charge in [-0.15, -0.1) is 0 Å². The highest BCUT2D eigenvalue weighted by atomic mass is 16.3. The Balaban J connectivity index is 1.57. The van der Waals surface area contributed by atoms with Gasteiger partial charge < -0.3 is 20.2 Å². The van der Waals surface area contributed by atoms with Gasteiger partial charge in [0.15, 0.2) is 11.6 Å². The van der Waals surface area contributed by atoms with Gasteiger partial charge in [0.25, 0.3) is 0 Å². The van der Waals surface area contributed by atoms with Crippen LogP contribution in [0, 0.1) is 13.8 Å². The molecule has 2 aromatic carbocycles. The van der Waals surface area contributed by atoms with Crippen LogP contribution in [-0.2, 0) is 40.9 Å². The van der Waals surface area contributed by atoms with Crippen molar-refractivity contribution in [1.82, 2.24) is 9.97 Å². The van der Waals surface area contributed by atoms with E-state index in [0.29, 0.717) is 49.2 Å². The second-order valence-corrected chi connectivity index (χ2v) is 18.2. The molecule has 0 fully saturated rings. The zero-order chi connectivity index (χ0) is 37.6. The van der Waals surface area contributed by atoms with Crippen LogP contribution in [0.2, 0.25) is 0 Å². The van der Waals surface area contributed by atoms with Gasteiger partial charge in [0.05, 0.1) is 11.4 Å². The lowest BCUT2D eigenvalue weighted by molar-refractivity contribution is 0.0970. The molecular weight excluding hydrogens is 620 g/mol. The number of carbonyl (C=O) groups excluding carboxylic acids is 2. The molecule has 50 heavy (non-hydrogen) atoms. The molecule has 4 rings (SSSR count). The fourth-order valence-electron chi connectivity index (χ4n) is 6.93. The van der Waals surface area contributed by atoms with Crippen LogP contribution in [0.3, 0.4) is 0 Å². The Labute approximate surface area is 300 Å². The van der Waals surface area contributed by atoms with Gasteiger partial charge in [-0.2, -0.15) is 0 Å². The van der Waals surface area contributed by atoms with Gasteiger partial charge in [0.2, 0.25) is 0 Å². The van der Waals surface area contributed by atoms with Crippen LogP contribution in [0.5, 0.6) is 11.5 Å². The Morgan fingerprint density at radius 1 is 0.620 bits per heavy atom. The first-order valence-corrected chi connectivity index (χ1v) is 18.0. The molecule has 0 saturated carbocycles. The lowest BCUT2D eigenvalue weighted by Gasteiger charge is -2.30. The van der Waals surface area contributed by atoms with Gasteiger partial charge in [-0.25, -0.2) is 0 Å².